The van der Waals surface area contributed by atoms with Crippen molar-refractivity contribution in [2.24, 2.45) is 5.41 Å². The molecule has 0 saturated carbocycles. The standard InChI is InChI=1S/C20H26N4/c1-23-15-18(17-5-3-2-4-6-17)13-20(16-23)7-11-24(12-8-20)19-14-21-9-10-22-19/h2-6,9-10,14,18H,7-8,11-13,15-16H2,1H3. The summed E-state index contributed by atoms with van der Waals surface area (Å²) in [6.07, 6.45) is 9.23. The maximum atomic E-state index is 4.47. The van der Waals surface area contributed by atoms with E-state index in [1.165, 1.54) is 37.9 Å². The summed E-state index contributed by atoms with van der Waals surface area (Å²) in [5.74, 6) is 1.68. The largest absolute Gasteiger partial charge is 0.355 e. The highest BCUT2D eigenvalue weighted by Crippen LogP contribution is 2.45. The van der Waals surface area contributed by atoms with Gasteiger partial charge in [0.05, 0.1) is 6.20 Å². The Hall–Kier alpha value is -1.94. The Morgan fingerprint density at radius 2 is 1.88 bits per heavy atom. The average molecular weight is 322 g/mol. The summed E-state index contributed by atoms with van der Waals surface area (Å²) >= 11 is 0. The van der Waals surface area contributed by atoms with Crippen molar-refractivity contribution in [1.29, 1.82) is 0 Å². The first kappa shape index (κ1) is 15.6. The molecule has 1 aromatic heterocycles. The highest BCUT2D eigenvalue weighted by molar-refractivity contribution is 5.36. The van der Waals surface area contributed by atoms with Crippen LogP contribution in [0.4, 0.5) is 5.82 Å². The van der Waals surface area contributed by atoms with Gasteiger partial charge in [0.15, 0.2) is 0 Å². The van der Waals surface area contributed by atoms with Gasteiger partial charge in [0, 0.05) is 38.6 Å². The normalized spacial score (nSPS) is 24.2. The van der Waals surface area contributed by atoms with Gasteiger partial charge in [-0.25, -0.2) is 4.98 Å². The van der Waals surface area contributed by atoms with Gasteiger partial charge in [0.1, 0.15) is 5.82 Å². The molecule has 1 spiro atoms. The fourth-order valence-corrected chi connectivity index (χ4v) is 4.64. The number of hydrogen-bond donors (Lipinski definition) is 0. The molecule has 1 atom stereocenters. The Bertz CT molecular complexity index is 650. The van der Waals surface area contributed by atoms with Gasteiger partial charge in [0.2, 0.25) is 0 Å². The van der Waals surface area contributed by atoms with Gasteiger partial charge in [-0.1, -0.05) is 30.3 Å². The first-order valence-corrected chi connectivity index (χ1v) is 8.99. The summed E-state index contributed by atoms with van der Waals surface area (Å²) in [5.41, 5.74) is 1.95. The summed E-state index contributed by atoms with van der Waals surface area (Å²) < 4.78 is 0. The maximum Gasteiger partial charge on any atom is 0.147 e. The minimum Gasteiger partial charge on any atom is -0.355 e. The predicted octanol–water partition coefficient (Wildman–Crippen LogP) is 3.18. The minimum absolute atomic E-state index is 0.451. The fourth-order valence-electron chi connectivity index (χ4n) is 4.64. The third-order valence-electron chi connectivity index (χ3n) is 5.79. The van der Waals surface area contributed by atoms with Crippen LogP contribution in [-0.4, -0.2) is 48.1 Å². The second kappa shape index (κ2) is 6.52. The van der Waals surface area contributed by atoms with E-state index in [4.69, 9.17) is 0 Å². The Balaban J connectivity index is 1.47. The number of likely N-dealkylation sites (N-methyl/N-ethyl adjacent to an activating group) is 1. The van der Waals surface area contributed by atoms with E-state index in [1.54, 1.807) is 12.4 Å². The first-order valence-electron chi connectivity index (χ1n) is 8.99. The number of nitrogens with zero attached hydrogens (tertiary/aromatic N) is 4. The van der Waals surface area contributed by atoms with Crippen molar-refractivity contribution in [2.45, 2.75) is 25.2 Å². The number of hydrogen-bond acceptors (Lipinski definition) is 4. The topological polar surface area (TPSA) is 32.3 Å². The van der Waals surface area contributed by atoms with Gasteiger partial charge in [-0.2, -0.15) is 0 Å². The Morgan fingerprint density at radius 1 is 1.08 bits per heavy atom. The Morgan fingerprint density at radius 3 is 2.58 bits per heavy atom. The minimum atomic E-state index is 0.451. The van der Waals surface area contributed by atoms with Gasteiger partial charge in [-0.15, -0.1) is 0 Å². The number of rotatable bonds is 2. The van der Waals surface area contributed by atoms with Gasteiger partial charge >= 0.3 is 0 Å². The zero-order chi connectivity index (χ0) is 16.4. The van der Waals surface area contributed by atoms with E-state index >= 15 is 0 Å². The summed E-state index contributed by atoms with van der Waals surface area (Å²) in [6.45, 7) is 4.59. The molecule has 2 aromatic rings. The van der Waals surface area contributed by atoms with Crippen LogP contribution in [0.1, 0.15) is 30.7 Å². The van der Waals surface area contributed by atoms with E-state index in [9.17, 15) is 0 Å². The van der Waals surface area contributed by atoms with Crippen LogP contribution in [-0.2, 0) is 0 Å². The summed E-state index contributed by atoms with van der Waals surface area (Å²) in [6, 6.07) is 11.1. The SMILES string of the molecule is CN1CC(c2ccccc2)CC2(CCN(c3cnccn3)CC2)C1. The molecule has 1 unspecified atom stereocenters. The molecule has 1 aromatic carbocycles. The van der Waals surface area contributed by atoms with E-state index in [0.717, 1.165) is 18.9 Å². The summed E-state index contributed by atoms with van der Waals surface area (Å²) in [7, 11) is 2.28. The zero-order valence-corrected chi connectivity index (χ0v) is 14.4. The van der Waals surface area contributed by atoms with E-state index in [2.05, 4.69) is 57.1 Å². The molecule has 0 amide bonds. The summed E-state index contributed by atoms with van der Waals surface area (Å²) in [5, 5.41) is 0. The second-order valence-corrected chi connectivity index (χ2v) is 7.56. The molecule has 4 heteroatoms. The number of likely N-dealkylation sites (tertiary alicyclic amines) is 1. The van der Waals surface area contributed by atoms with Gasteiger partial charge in [0.25, 0.3) is 0 Å². The van der Waals surface area contributed by atoms with Crippen LogP contribution in [0.5, 0.6) is 0 Å². The molecule has 4 rings (SSSR count). The van der Waals surface area contributed by atoms with Crippen LogP contribution >= 0.6 is 0 Å². The lowest BCUT2D eigenvalue weighted by Gasteiger charge is -2.49. The first-order chi connectivity index (χ1) is 11.7. The number of benzene rings is 1. The molecule has 3 heterocycles. The summed E-state index contributed by atoms with van der Waals surface area (Å²) in [4.78, 5) is 13.6. The van der Waals surface area contributed by atoms with Crippen molar-refractivity contribution in [2.75, 3.05) is 38.1 Å². The maximum absolute atomic E-state index is 4.47. The van der Waals surface area contributed by atoms with Crippen molar-refractivity contribution < 1.29 is 0 Å². The predicted molar refractivity (Wildman–Crippen MR) is 97.2 cm³/mol. The molecular weight excluding hydrogens is 296 g/mol. The van der Waals surface area contributed by atoms with Crippen LogP contribution in [0, 0.1) is 5.41 Å². The number of anilines is 1. The molecule has 24 heavy (non-hydrogen) atoms. The third kappa shape index (κ3) is 3.16. The lowest BCUT2D eigenvalue weighted by Crippen LogP contribution is -2.50. The molecule has 2 aliphatic rings. The van der Waals surface area contributed by atoms with Crippen LogP contribution in [0.2, 0.25) is 0 Å². The van der Waals surface area contributed by atoms with Crippen molar-refractivity contribution in [3.63, 3.8) is 0 Å². The van der Waals surface area contributed by atoms with Crippen LogP contribution in [0.15, 0.2) is 48.9 Å². The zero-order valence-electron chi connectivity index (χ0n) is 14.4. The molecule has 126 valence electrons. The highest BCUT2D eigenvalue weighted by Gasteiger charge is 2.41. The third-order valence-corrected chi connectivity index (χ3v) is 5.79. The number of aromatic nitrogens is 2. The highest BCUT2D eigenvalue weighted by atomic mass is 15.2. The number of piperidine rings is 2. The van der Waals surface area contributed by atoms with Crippen LogP contribution in [0.25, 0.3) is 0 Å². The van der Waals surface area contributed by atoms with Crippen molar-refractivity contribution >= 4 is 5.82 Å². The molecule has 0 bridgehead atoms. The van der Waals surface area contributed by atoms with Crippen LogP contribution < -0.4 is 4.90 Å². The van der Waals surface area contributed by atoms with Crippen molar-refractivity contribution in [1.82, 2.24) is 14.9 Å². The average Bonchev–Trinajstić information content (AvgIpc) is 2.63. The molecule has 0 N–H and O–H groups in total. The van der Waals surface area contributed by atoms with E-state index in [0.29, 0.717) is 11.3 Å². The van der Waals surface area contributed by atoms with Crippen LogP contribution in [0.3, 0.4) is 0 Å². The second-order valence-electron chi connectivity index (χ2n) is 7.56. The molecule has 4 nitrogen and oxygen atoms in total. The molecule has 0 radical (unpaired) electrons. The molecule has 2 aliphatic heterocycles. The lowest BCUT2D eigenvalue weighted by atomic mass is 9.68. The van der Waals surface area contributed by atoms with Gasteiger partial charge < -0.3 is 9.80 Å². The Labute approximate surface area is 144 Å². The van der Waals surface area contributed by atoms with E-state index in [-0.39, 0.29) is 0 Å². The molecule has 2 saturated heterocycles. The smallest absolute Gasteiger partial charge is 0.147 e. The van der Waals surface area contributed by atoms with Gasteiger partial charge in [-0.3, -0.25) is 4.98 Å². The van der Waals surface area contributed by atoms with Gasteiger partial charge in [-0.05, 0) is 43.2 Å². The Kier molecular flexibility index (Phi) is 4.23. The quantitative estimate of drug-likeness (QED) is 0.850. The molecule has 0 aliphatic carbocycles. The fraction of sp³-hybridized carbons (Fsp3) is 0.500. The monoisotopic (exact) mass is 322 g/mol. The molecule has 2 fully saturated rings. The molecular formula is C20H26N4. The van der Waals surface area contributed by atoms with E-state index in [1.807, 2.05) is 6.20 Å². The lowest BCUT2D eigenvalue weighted by molar-refractivity contribution is 0.0671. The van der Waals surface area contributed by atoms with Crippen molar-refractivity contribution in [3.05, 3.63) is 54.5 Å². The van der Waals surface area contributed by atoms with E-state index < -0.39 is 0 Å². The van der Waals surface area contributed by atoms with Crippen molar-refractivity contribution in [3.8, 4) is 0 Å².